The van der Waals surface area contributed by atoms with Gasteiger partial charge in [0.25, 0.3) is 0 Å². The molecular weight excluding hydrogens is 424 g/mol. The predicted molar refractivity (Wildman–Crippen MR) is 132 cm³/mol. The maximum absolute atomic E-state index is 13.6. The second kappa shape index (κ2) is 8.94. The number of ketones is 1. The number of nitrogens with zero attached hydrogens (tertiary/aromatic N) is 4. The zero-order chi connectivity index (χ0) is 24.1. The minimum Gasteiger partial charge on any atom is -0.341 e. The first-order valence-corrected chi connectivity index (χ1v) is 13.0. The Morgan fingerprint density at radius 3 is 2.38 bits per heavy atom. The van der Waals surface area contributed by atoms with Gasteiger partial charge in [-0.1, -0.05) is 37.6 Å². The van der Waals surface area contributed by atoms with Gasteiger partial charge in [-0.3, -0.25) is 9.59 Å². The molecule has 0 radical (unpaired) electrons. The van der Waals surface area contributed by atoms with Crippen molar-refractivity contribution in [2.24, 2.45) is 17.8 Å². The molecule has 5 rings (SSSR count). The lowest BCUT2D eigenvalue weighted by Gasteiger charge is -2.19. The number of Topliss-reactive ketones (excluding diaryl/α,β-unsaturated/α-hetero) is 1. The first kappa shape index (κ1) is 23.3. The van der Waals surface area contributed by atoms with E-state index in [1.807, 2.05) is 4.90 Å². The Balaban J connectivity index is 1.43. The van der Waals surface area contributed by atoms with Gasteiger partial charge in [0.2, 0.25) is 5.91 Å². The molecule has 1 aliphatic heterocycles. The van der Waals surface area contributed by atoms with Crippen molar-refractivity contribution in [3.8, 4) is 0 Å². The van der Waals surface area contributed by atoms with Crippen molar-refractivity contribution in [1.29, 1.82) is 0 Å². The van der Waals surface area contributed by atoms with Crippen LogP contribution in [0.15, 0.2) is 18.2 Å². The zero-order valence-electron chi connectivity index (χ0n) is 21.3. The molecule has 6 nitrogen and oxygen atoms in total. The van der Waals surface area contributed by atoms with E-state index in [1.165, 1.54) is 18.4 Å². The molecule has 1 aromatic heterocycles. The van der Waals surface area contributed by atoms with E-state index in [0.29, 0.717) is 43.3 Å². The molecule has 2 heterocycles. The summed E-state index contributed by atoms with van der Waals surface area (Å²) >= 11 is 0. The molecule has 34 heavy (non-hydrogen) atoms. The third-order valence-electron chi connectivity index (χ3n) is 8.06. The number of aromatic nitrogens is 3. The topological polar surface area (TPSA) is 68.1 Å². The summed E-state index contributed by atoms with van der Waals surface area (Å²) in [6.07, 6.45) is 5.15. The van der Waals surface area contributed by atoms with E-state index in [4.69, 9.17) is 10.2 Å². The van der Waals surface area contributed by atoms with Crippen molar-refractivity contribution in [3.05, 3.63) is 46.5 Å². The van der Waals surface area contributed by atoms with Gasteiger partial charge < -0.3 is 9.47 Å². The number of hydrogen-bond acceptors (Lipinski definition) is 4. The Hall–Kier alpha value is -2.50. The maximum Gasteiger partial charge on any atom is 0.219 e. The molecule has 4 atom stereocenters. The second-order valence-corrected chi connectivity index (χ2v) is 11.5. The second-order valence-electron chi connectivity index (χ2n) is 11.5. The number of carbonyl (C=O) groups is 2. The van der Waals surface area contributed by atoms with Gasteiger partial charge in [-0.15, -0.1) is 10.2 Å². The van der Waals surface area contributed by atoms with Crippen LogP contribution >= 0.6 is 0 Å². The van der Waals surface area contributed by atoms with Crippen LogP contribution in [0.2, 0.25) is 0 Å². The van der Waals surface area contributed by atoms with Crippen LogP contribution in [0.4, 0.5) is 0 Å². The van der Waals surface area contributed by atoms with E-state index in [9.17, 15) is 9.59 Å². The molecule has 6 heteroatoms. The Kier molecular flexibility index (Phi) is 6.11. The largest absolute Gasteiger partial charge is 0.341 e. The molecule has 2 saturated carbocycles. The highest BCUT2D eigenvalue weighted by Crippen LogP contribution is 2.53. The molecule has 2 aromatic rings. The minimum absolute atomic E-state index is 0.0312. The van der Waals surface area contributed by atoms with Crippen LogP contribution in [0, 0.1) is 31.6 Å². The predicted octanol–water partition coefficient (Wildman–Crippen LogP) is 4.75. The molecule has 2 aliphatic carbocycles. The van der Waals surface area contributed by atoms with Crippen molar-refractivity contribution in [2.45, 2.75) is 84.6 Å². The highest BCUT2D eigenvalue weighted by Gasteiger charge is 2.48. The van der Waals surface area contributed by atoms with Crippen molar-refractivity contribution < 1.29 is 9.59 Å². The molecule has 0 bridgehead atoms. The molecule has 1 aromatic carbocycles. The van der Waals surface area contributed by atoms with Crippen LogP contribution in [0.5, 0.6) is 0 Å². The first-order chi connectivity index (χ1) is 16.2. The summed E-state index contributed by atoms with van der Waals surface area (Å²) in [5.41, 5.74) is 3.44. The summed E-state index contributed by atoms with van der Waals surface area (Å²) in [6, 6.07) is 6.74. The first-order valence-electron chi connectivity index (χ1n) is 13.0. The van der Waals surface area contributed by atoms with Crippen molar-refractivity contribution >= 4 is 11.7 Å². The smallest absolute Gasteiger partial charge is 0.219 e. The monoisotopic (exact) mass is 462 g/mol. The lowest BCUT2D eigenvalue weighted by Crippen LogP contribution is -2.28. The molecule has 0 N–H and O–H groups in total. The van der Waals surface area contributed by atoms with Crippen molar-refractivity contribution in [3.63, 3.8) is 0 Å². The SMILES string of the molecule is CC(=O)N1C[C@H](C(=O)Cc2ccc(C)cc2C)[C@@H](c2nnc(C3CC3CC(C)C)n2C2CC2)C1. The van der Waals surface area contributed by atoms with Crippen molar-refractivity contribution in [2.75, 3.05) is 13.1 Å². The number of likely N-dealkylation sites (tertiary alicyclic amines) is 1. The molecule has 3 aliphatic rings. The Labute approximate surface area is 203 Å². The number of amides is 1. The summed E-state index contributed by atoms with van der Waals surface area (Å²) in [5, 5.41) is 9.43. The van der Waals surface area contributed by atoms with Crippen LogP contribution in [0.1, 0.15) is 92.7 Å². The van der Waals surface area contributed by atoms with E-state index in [1.54, 1.807) is 6.92 Å². The molecule has 1 saturated heterocycles. The van der Waals surface area contributed by atoms with E-state index >= 15 is 0 Å². The molecule has 1 amide bonds. The van der Waals surface area contributed by atoms with Crippen LogP contribution in [-0.2, 0) is 16.0 Å². The highest BCUT2D eigenvalue weighted by atomic mass is 16.2. The third-order valence-corrected chi connectivity index (χ3v) is 8.06. The molecule has 3 fully saturated rings. The van der Waals surface area contributed by atoms with Crippen LogP contribution in [0.3, 0.4) is 0 Å². The van der Waals surface area contributed by atoms with Gasteiger partial charge in [0.05, 0.1) is 0 Å². The van der Waals surface area contributed by atoms with Gasteiger partial charge in [0.15, 0.2) is 0 Å². The van der Waals surface area contributed by atoms with E-state index in [2.05, 4.69) is 50.5 Å². The molecule has 182 valence electrons. The fourth-order valence-corrected chi connectivity index (χ4v) is 5.97. The maximum atomic E-state index is 13.6. The van der Waals surface area contributed by atoms with E-state index < -0.39 is 0 Å². The lowest BCUT2D eigenvalue weighted by molar-refractivity contribution is -0.128. The Morgan fingerprint density at radius 1 is 1.06 bits per heavy atom. The molecular formula is C28H38N4O2. The Bertz CT molecular complexity index is 1100. The number of hydrogen-bond donors (Lipinski definition) is 0. The van der Waals surface area contributed by atoms with Crippen LogP contribution in [-0.4, -0.2) is 44.4 Å². The lowest BCUT2D eigenvalue weighted by atomic mass is 9.87. The highest BCUT2D eigenvalue weighted by molar-refractivity contribution is 5.86. The van der Waals surface area contributed by atoms with Gasteiger partial charge in [-0.05, 0) is 62.5 Å². The van der Waals surface area contributed by atoms with Crippen LogP contribution < -0.4 is 0 Å². The average Bonchev–Trinajstić information content (AvgIpc) is 3.65. The summed E-state index contributed by atoms with van der Waals surface area (Å²) < 4.78 is 2.39. The van der Waals surface area contributed by atoms with Crippen molar-refractivity contribution in [1.82, 2.24) is 19.7 Å². The van der Waals surface area contributed by atoms with E-state index in [0.717, 1.165) is 35.6 Å². The van der Waals surface area contributed by atoms with E-state index in [-0.39, 0.29) is 23.5 Å². The summed E-state index contributed by atoms with van der Waals surface area (Å²) in [4.78, 5) is 27.8. The standard InChI is InChI=1S/C28H38N4O2/c1-16(2)10-21-12-23(21)27-29-30-28(32(27)22-8-9-22)25-15-31(19(5)33)14-24(25)26(34)13-20-7-6-17(3)11-18(20)4/h6-7,11,16,21-25H,8-10,12-15H2,1-5H3/t21?,23?,24-,25-/m0/s1. The Morgan fingerprint density at radius 2 is 1.76 bits per heavy atom. The minimum atomic E-state index is -0.232. The number of benzene rings is 1. The zero-order valence-corrected chi connectivity index (χ0v) is 21.3. The van der Waals surface area contributed by atoms with Gasteiger partial charge >= 0.3 is 0 Å². The molecule has 0 spiro atoms. The summed E-state index contributed by atoms with van der Waals surface area (Å²) in [5.74, 6) is 3.89. The summed E-state index contributed by atoms with van der Waals surface area (Å²) in [6.45, 7) is 11.4. The normalized spacial score (nSPS) is 26.4. The average molecular weight is 463 g/mol. The molecule has 2 unspecified atom stereocenters. The number of aryl methyl sites for hydroxylation is 2. The van der Waals surface area contributed by atoms with Gasteiger partial charge in [-0.2, -0.15) is 0 Å². The fraction of sp³-hybridized carbons (Fsp3) is 0.643. The van der Waals surface area contributed by atoms with Gasteiger partial charge in [0.1, 0.15) is 17.4 Å². The quantitative estimate of drug-likeness (QED) is 0.568. The summed E-state index contributed by atoms with van der Waals surface area (Å²) in [7, 11) is 0. The number of carbonyl (C=O) groups excluding carboxylic acids is 2. The van der Waals surface area contributed by atoms with Crippen LogP contribution in [0.25, 0.3) is 0 Å². The van der Waals surface area contributed by atoms with Gasteiger partial charge in [-0.25, -0.2) is 0 Å². The van der Waals surface area contributed by atoms with Gasteiger partial charge in [0, 0.05) is 50.2 Å². The fourth-order valence-electron chi connectivity index (χ4n) is 5.97. The number of rotatable bonds is 8. The third kappa shape index (κ3) is 4.56.